The molecule has 0 bridgehead atoms. The molecule has 2 aromatic carbocycles. The Labute approximate surface area is 120 Å². The van der Waals surface area contributed by atoms with Crippen molar-refractivity contribution < 1.29 is 17.6 Å². The molecular formula is C16H15F4N. The van der Waals surface area contributed by atoms with Crippen LogP contribution in [-0.2, 0) is 6.42 Å². The molecule has 0 aliphatic heterocycles. The summed E-state index contributed by atoms with van der Waals surface area (Å²) in [5.41, 5.74) is 0.688. The maximum Gasteiger partial charge on any atom is 0.159 e. The average molecular weight is 297 g/mol. The average Bonchev–Trinajstić information content (AvgIpc) is 2.46. The van der Waals surface area contributed by atoms with Crippen molar-refractivity contribution in [2.75, 3.05) is 7.05 Å². The van der Waals surface area contributed by atoms with Gasteiger partial charge in [-0.05, 0) is 49.7 Å². The Hall–Kier alpha value is -1.88. The van der Waals surface area contributed by atoms with Crippen LogP contribution in [0.1, 0.15) is 22.7 Å². The van der Waals surface area contributed by atoms with Crippen molar-refractivity contribution >= 4 is 0 Å². The molecule has 0 aliphatic carbocycles. The van der Waals surface area contributed by atoms with Crippen molar-refractivity contribution in [2.24, 2.45) is 0 Å². The van der Waals surface area contributed by atoms with Crippen LogP contribution in [0.4, 0.5) is 17.6 Å². The van der Waals surface area contributed by atoms with Gasteiger partial charge in [-0.25, -0.2) is 17.6 Å². The van der Waals surface area contributed by atoms with Gasteiger partial charge in [-0.1, -0.05) is 12.1 Å². The van der Waals surface area contributed by atoms with E-state index in [-0.39, 0.29) is 12.0 Å². The van der Waals surface area contributed by atoms with Crippen molar-refractivity contribution in [3.05, 3.63) is 70.3 Å². The van der Waals surface area contributed by atoms with Crippen LogP contribution in [-0.4, -0.2) is 7.05 Å². The molecule has 1 N–H and O–H groups in total. The minimum atomic E-state index is -0.979. The van der Waals surface area contributed by atoms with Gasteiger partial charge in [0.1, 0.15) is 11.6 Å². The molecular weight excluding hydrogens is 282 g/mol. The number of likely N-dealkylation sites (N-methyl/N-ethyl adjacent to an activating group) is 1. The lowest BCUT2D eigenvalue weighted by atomic mass is 9.96. The summed E-state index contributed by atoms with van der Waals surface area (Å²) >= 11 is 0. The number of hydrogen-bond acceptors (Lipinski definition) is 1. The number of benzene rings is 2. The molecule has 5 heteroatoms. The first-order chi connectivity index (χ1) is 9.93. The first kappa shape index (κ1) is 15.5. The number of nitrogens with one attached hydrogen (secondary N) is 1. The van der Waals surface area contributed by atoms with Gasteiger partial charge >= 0.3 is 0 Å². The zero-order valence-electron chi connectivity index (χ0n) is 11.7. The van der Waals surface area contributed by atoms with Crippen LogP contribution < -0.4 is 5.32 Å². The maximum atomic E-state index is 14.1. The summed E-state index contributed by atoms with van der Waals surface area (Å²) in [6, 6.07) is 5.32. The van der Waals surface area contributed by atoms with E-state index in [4.69, 9.17) is 0 Å². The van der Waals surface area contributed by atoms with Crippen LogP contribution in [0.3, 0.4) is 0 Å². The number of aryl methyl sites for hydroxylation is 1. The molecule has 1 atom stereocenters. The summed E-state index contributed by atoms with van der Waals surface area (Å²) in [5.74, 6) is -3.22. The summed E-state index contributed by atoms with van der Waals surface area (Å²) in [7, 11) is 1.56. The molecule has 21 heavy (non-hydrogen) atoms. The number of rotatable bonds is 4. The molecule has 0 heterocycles. The lowest BCUT2D eigenvalue weighted by Gasteiger charge is -2.19. The molecule has 0 fully saturated rings. The summed E-state index contributed by atoms with van der Waals surface area (Å²) in [6.45, 7) is 1.54. The van der Waals surface area contributed by atoms with Gasteiger partial charge in [0, 0.05) is 11.6 Å². The molecule has 1 nitrogen and oxygen atoms in total. The van der Waals surface area contributed by atoms with Gasteiger partial charge in [0.05, 0.1) is 0 Å². The van der Waals surface area contributed by atoms with Gasteiger partial charge in [0.2, 0.25) is 0 Å². The zero-order chi connectivity index (χ0) is 15.6. The first-order valence-electron chi connectivity index (χ1n) is 6.49. The molecule has 112 valence electrons. The van der Waals surface area contributed by atoms with E-state index in [1.165, 1.54) is 18.2 Å². The maximum absolute atomic E-state index is 14.1. The van der Waals surface area contributed by atoms with Crippen LogP contribution in [0.5, 0.6) is 0 Å². The van der Waals surface area contributed by atoms with Crippen molar-refractivity contribution in [3.63, 3.8) is 0 Å². The molecule has 1 unspecified atom stereocenters. The molecule has 0 saturated heterocycles. The highest BCUT2D eigenvalue weighted by Crippen LogP contribution is 2.26. The van der Waals surface area contributed by atoms with Gasteiger partial charge in [-0.15, -0.1) is 0 Å². The minimum Gasteiger partial charge on any atom is -0.313 e. The Morgan fingerprint density at radius 3 is 2.24 bits per heavy atom. The molecule has 0 saturated carbocycles. The SMILES string of the molecule is CNC(Cc1ccc(F)c(F)c1)c1c(F)ccc(C)c1F. The van der Waals surface area contributed by atoms with E-state index >= 15 is 0 Å². The van der Waals surface area contributed by atoms with Gasteiger partial charge in [0.15, 0.2) is 11.6 Å². The van der Waals surface area contributed by atoms with E-state index in [9.17, 15) is 17.6 Å². The molecule has 0 amide bonds. The monoisotopic (exact) mass is 297 g/mol. The Morgan fingerprint density at radius 2 is 1.62 bits per heavy atom. The molecule has 2 rings (SSSR count). The molecule has 0 aliphatic rings. The van der Waals surface area contributed by atoms with Crippen LogP contribution in [0.2, 0.25) is 0 Å². The van der Waals surface area contributed by atoms with Gasteiger partial charge in [0.25, 0.3) is 0 Å². The van der Waals surface area contributed by atoms with Gasteiger partial charge in [-0.3, -0.25) is 0 Å². The van der Waals surface area contributed by atoms with E-state index in [2.05, 4.69) is 5.32 Å². The summed E-state index contributed by atoms with van der Waals surface area (Å²) in [4.78, 5) is 0. The molecule has 0 radical (unpaired) electrons. The third-order valence-corrected chi connectivity index (χ3v) is 3.44. The fourth-order valence-corrected chi connectivity index (χ4v) is 2.25. The quantitative estimate of drug-likeness (QED) is 0.839. The van der Waals surface area contributed by atoms with Gasteiger partial charge < -0.3 is 5.32 Å². The van der Waals surface area contributed by atoms with Crippen LogP contribution >= 0.6 is 0 Å². The summed E-state index contributed by atoms with van der Waals surface area (Å²) in [5, 5.41) is 2.81. The number of hydrogen-bond donors (Lipinski definition) is 1. The third kappa shape index (κ3) is 3.24. The highest BCUT2D eigenvalue weighted by Gasteiger charge is 2.21. The lowest BCUT2D eigenvalue weighted by molar-refractivity contribution is 0.481. The second-order valence-corrected chi connectivity index (χ2v) is 4.89. The van der Waals surface area contributed by atoms with Crippen LogP contribution in [0.15, 0.2) is 30.3 Å². The summed E-state index contributed by atoms with van der Waals surface area (Å²) < 4.78 is 54.2. The van der Waals surface area contributed by atoms with Crippen molar-refractivity contribution in [1.29, 1.82) is 0 Å². The van der Waals surface area contributed by atoms with Crippen molar-refractivity contribution in [1.82, 2.24) is 5.32 Å². The Bertz CT molecular complexity index is 655. The Morgan fingerprint density at radius 1 is 0.952 bits per heavy atom. The Kier molecular flexibility index (Phi) is 4.63. The van der Waals surface area contributed by atoms with Crippen molar-refractivity contribution in [3.8, 4) is 0 Å². The smallest absolute Gasteiger partial charge is 0.159 e. The van der Waals surface area contributed by atoms with Crippen LogP contribution in [0.25, 0.3) is 0 Å². The normalized spacial score (nSPS) is 12.5. The van der Waals surface area contributed by atoms with E-state index < -0.39 is 29.3 Å². The fraction of sp³-hybridized carbons (Fsp3) is 0.250. The fourth-order valence-electron chi connectivity index (χ4n) is 2.25. The highest BCUT2D eigenvalue weighted by atomic mass is 19.2. The third-order valence-electron chi connectivity index (χ3n) is 3.44. The van der Waals surface area contributed by atoms with Gasteiger partial charge in [-0.2, -0.15) is 0 Å². The second-order valence-electron chi connectivity index (χ2n) is 4.89. The predicted molar refractivity (Wildman–Crippen MR) is 73.0 cm³/mol. The van der Waals surface area contributed by atoms with E-state index in [0.29, 0.717) is 11.1 Å². The molecule has 0 spiro atoms. The predicted octanol–water partition coefficient (Wildman–Crippen LogP) is 4.05. The van der Waals surface area contributed by atoms with E-state index in [1.54, 1.807) is 14.0 Å². The largest absolute Gasteiger partial charge is 0.313 e. The molecule has 2 aromatic rings. The zero-order valence-corrected chi connectivity index (χ0v) is 11.7. The van der Waals surface area contributed by atoms with E-state index in [1.807, 2.05) is 0 Å². The lowest BCUT2D eigenvalue weighted by Crippen LogP contribution is -2.22. The minimum absolute atomic E-state index is 0.0952. The number of halogens is 4. The first-order valence-corrected chi connectivity index (χ1v) is 6.49. The topological polar surface area (TPSA) is 12.0 Å². The Balaban J connectivity index is 2.36. The summed E-state index contributed by atoms with van der Waals surface area (Å²) in [6.07, 6.45) is 0.144. The second kappa shape index (κ2) is 6.26. The molecule has 0 aromatic heterocycles. The van der Waals surface area contributed by atoms with Crippen molar-refractivity contribution in [2.45, 2.75) is 19.4 Å². The van der Waals surface area contributed by atoms with E-state index in [0.717, 1.165) is 12.1 Å². The standard InChI is InChI=1S/C16H15F4N/c1-9-3-5-12(18)15(16(9)20)14(21-2)8-10-4-6-11(17)13(19)7-10/h3-7,14,21H,8H2,1-2H3. The highest BCUT2D eigenvalue weighted by molar-refractivity contribution is 5.31. The van der Waals surface area contributed by atoms with Crippen LogP contribution in [0, 0.1) is 30.2 Å².